The lowest BCUT2D eigenvalue weighted by Gasteiger charge is -2.34. The van der Waals surface area contributed by atoms with E-state index in [0.29, 0.717) is 12.1 Å². The van der Waals surface area contributed by atoms with Gasteiger partial charge in [0.05, 0.1) is 11.6 Å². The van der Waals surface area contributed by atoms with Gasteiger partial charge in [0.1, 0.15) is 5.82 Å². The molecule has 0 radical (unpaired) electrons. The fourth-order valence-corrected chi connectivity index (χ4v) is 5.92. The number of benzene rings is 2. The number of aromatic nitrogens is 3. The second-order valence-corrected chi connectivity index (χ2v) is 10.1. The zero-order chi connectivity index (χ0) is 23.2. The molecule has 1 atom stereocenters. The molecule has 1 fully saturated rings. The van der Waals surface area contributed by atoms with Gasteiger partial charge in [-0.15, -0.1) is 0 Å². The summed E-state index contributed by atoms with van der Waals surface area (Å²) in [7, 11) is 4.02. The van der Waals surface area contributed by atoms with Crippen molar-refractivity contribution in [2.45, 2.75) is 51.2 Å². The van der Waals surface area contributed by atoms with E-state index in [9.17, 15) is 0 Å². The third-order valence-corrected chi connectivity index (χ3v) is 7.77. The summed E-state index contributed by atoms with van der Waals surface area (Å²) < 4.78 is 2.49. The summed E-state index contributed by atoms with van der Waals surface area (Å²) >= 11 is 0. The van der Waals surface area contributed by atoms with Crippen molar-refractivity contribution in [2.24, 2.45) is 5.92 Å². The Hall–Kier alpha value is -3.12. The molecule has 1 saturated carbocycles. The van der Waals surface area contributed by atoms with E-state index in [2.05, 4.69) is 68.5 Å². The van der Waals surface area contributed by atoms with Gasteiger partial charge in [0, 0.05) is 49.2 Å². The van der Waals surface area contributed by atoms with Crippen molar-refractivity contribution < 1.29 is 0 Å². The maximum Gasteiger partial charge on any atom is 0.224 e. The molecule has 7 rings (SSSR count). The zero-order valence-corrected chi connectivity index (χ0v) is 20.4. The summed E-state index contributed by atoms with van der Waals surface area (Å²) in [5.74, 6) is 2.41. The molecule has 0 spiro atoms. The Labute approximate surface area is 201 Å². The van der Waals surface area contributed by atoms with E-state index in [1.807, 2.05) is 31.3 Å². The molecule has 1 unspecified atom stereocenters. The van der Waals surface area contributed by atoms with E-state index in [4.69, 9.17) is 0 Å². The summed E-state index contributed by atoms with van der Waals surface area (Å²) in [6.07, 6.45) is 6.66. The molecule has 34 heavy (non-hydrogen) atoms. The Kier molecular flexibility index (Phi) is 5.41. The number of para-hydroxylation sites is 1. The maximum atomic E-state index is 4.62. The lowest BCUT2D eigenvalue weighted by molar-refractivity contribution is 0.316. The van der Waals surface area contributed by atoms with Crippen LogP contribution < -0.4 is 15.5 Å². The van der Waals surface area contributed by atoms with Gasteiger partial charge in [0.15, 0.2) is 0 Å². The van der Waals surface area contributed by atoms with Crippen molar-refractivity contribution in [1.29, 1.82) is 0 Å². The maximum absolute atomic E-state index is 4.62. The van der Waals surface area contributed by atoms with Crippen molar-refractivity contribution in [1.82, 2.24) is 19.9 Å². The highest BCUT2D eigenvalue weighted by Crippen LogP contribution is 2.44. The number of fused-ring (bicyclic) bond motifs is 1. The van der Waals surface area contributed by atoms with Crippen molar-refractivity contribution >= 4 is 33.6 Å². The van der Waals surface area contributed by atoms with E-state index >= 15 is 0 Å². The molecule has 2 aromatic carbocycles. The minimum atomic E-state index is 0.389. The monoisotopic (exact) mass is 454 g/mol. The van der Waals surface area contributed by atoms with Crippen LogP contribution in [0.25, 0.3) is 21.8 Å². The van der Waals surface area contributed by atoms with Gasteiger partial charge in [-0.3, -0.25) is 0 Å². The molecule has 3 aliphatic rings. The summed E-state index contributed by atoms with van der Waals surface area (Å²) in [5, 5.41) is 10.3. The Morgan fingerprint density at radius 2 is 1.85 bits per heavy atom. The van der Waals surface area contributed by atoms with Gasteiger partial charge in [-0.2, -0.15) is 4.98 Å². The van der Waals surface area contributed by atoms with E-state index in [1.165, 1.54) is 58.6 Å². The predicted molar refractivity (Wildman–Crippen MR) is 141 cm³/mol. The number of hydrogen-bond donors (Lipinski definition) is 2. The quantitative estimate of drug-likeness (QED) is 0.395. The van der Waals surface area contributed by atoms with Crippen molar-refractivity contribution in [3.8, 4) is 0 Å². The molecule has 2 aromatic heterocycles. The number of aryl methyl sites for hydroxylation is 1. The number of rotatable bonds is 7. The van der Waals surface area contributed by atoms with Gasteiger partial charge in [0.25, 0.3) is 0 Å². The zero-order valence-electron chi connectivity index (χ0n) is 20.4. The fraction of sp³-hybridized carbons (Fsp3) is 0.429. The second kappa shape index (κ2) is 8.58. The summed E-state index contributed by atoms with van der Waals surface area (Å²) in [6, 6.07) is 16.4. The SMILES string of the molecule is CCn1c2ccccc2c2cc3cc(c21)C3NC[C@H]1CC[C@@H](Nc2nccc(N(C)C)n2)CC1. The Balaban J connectivity index is 1.08. The van der Waals surface area contributed by atoms with E-state index in [1.54, 1.807) is 0 Å². The van der Waals surface area contributed by atoms with Crippen LogP contribution in [0.4, 0.5) is 11.8 Å². The van der Waals surface area contributed by atoms with Crippen molar-refractivity contribution in [3.05, 3.63) is 59.8 Å². The smallest absolute Gasteiger partial charge is 0.224 e. The fourth-order valence-electron chi connectivity index (χ4n) is 5.92. The van der Waals surface area contributed by atoms with Gasteiger partial charge in [0.2, 0.25) is 5.95 Å². The Morgan fingerprint density at radius 3 is 2.65 bits per heavy atom. The van der Waals surface area contributed by atoms with Gasteiger partial charge in [-0.1, -0.05) is 18.2 Å². The van der Waals surface area contributed by atoms with Gasteiger partial charge in [-0.25, -0.2) is 4.98 Å². The number of nitrogens with one attached hydrogen (secondary N) is 2. The summed E-state index contributed by atoms with van der Waals surface area (Å²) in [5.41, 5.74) is 5.68. The molecular formula is C28H34N6. The first-order valence-corrected chi connectivity index (χ1v) is 12.7. The van der Waals surface area contributed by atoms with E-state index < -0.39 is 0 Å². The highest BCUT2D eigenvalue weighted by atomic mass is 15.2. The third-order valence-electron chi connectivity index (χ3n) is 7.77. The molecule has 0 saturated heterocycles. The van der Waals surface area contributed by atoms with Crippen LogP contribution in [-0.4, -0.2) is 41.2 Å². The number of anilines is 2. The van der Waals surface area contributed by atoms with Crippen molar-refractivity contribution in [3.63, 3.8) is 0 Å². The molecular weight excluding hydrogens is 420 g/mol. The molecule has 2 heterocycles. The predicted octanol–water partition coefficient (Wildman–Crippen LogP) is 5.33. The van der Waals surface area contributed by atoms with Crippen LogP contribution in [0.5, 0.6) is 0 Å². The second-order valence-electron chi connectivity index (χ2n) is 10.1. The normalized spacial score (nSPS) is 21.6. The van der Waals surface area contributed by atoms with Crippen LogP contribution in [-0.2, 0) is 6.54 Å². The molecule has 2 N–H and O–H groups in total. The van der Waals surface area contributed by atoms with Crippen LogP contribution in [0.2, 0.25) is 0 Å². The lowest BCUT2D eigenvalue weighted by Crippen LogP contribution is -2.35. The van der Waals surface area contributed by atoms with Crippen LogP contribution in [0.15, 0.2) is 48.7 Å². The molecule has 3 aliphatic carbocycles. The minimum absolute atomic E-state index is 0.389. The molecule has 6 nitrogen and oxygen atoms in total. The van der Waals surface area contributed by atoms with Crippen LogP contribution in [0.3, 0.4) is 0 Å². The molecule has 0 aliphatic heterocycles. The van der Waals surface area contributed by atoms with Crippen LogP contribution in [0, 0.1) is 5.92 Å². The number of hydrogen-bond acceptors (Lipinski definition) is 5. The molecule has 6 heteroatoms. The molecule has 0 amide bonds. The highest BCUT2D eigenvalue weighted by molar-refractivity contribution is 6.10. The first-order valence-electron chi connectivity index (χ1n) is 12.7. The van der Waals surface area contributed by atoms with Gasteiger partial charge < -0.3 is 20.1 Å². The van der Waals surface area contributed by atoms with Crippen LogP contribution >= 0.6 is 0 Å². The van der Waals surface area contributed by atoms with Gasteiger partial charge in [-0.05, 0) is 80.5 Å². The Morgan fingerprint density at radius 1 is 1.03 bits per heavy atom. The molecule has 176 valence electrons. The Bertz CT molecular complexity index is 1330. The summed E-state index contributed by atoms with van der Waals surface area (Å²) in [6.45, 7) is 4.34. The minimum Gasteiger partial charge on any atom is -0.363 e. The molecule has 2 bridgehead atoms. The van der Waals surface area contributed by atoms with Gasteiger partial charge >= 0.3 is 0 Å². The average molecular weight is 455 g/mol. The summed E-state index contributed by atoms with van der Waals surface area (Å²) in [4.78, 5) is 11.1. The van der Waals surface area contributed by atoms with Crippen LogP contribution in [0.1, 0.15) is 49.8 Å². The topological polar surface area (TPSA) is 58.0 Å². The first kappa shape index (κ1) is 21.4. The first-order chi connectivity index (χ1) is 16.6. The van der Waals surface area contributed by atoms with E-state index in [0.717, 1.165) is 30.8 Å². The lowest BCUT2D eigenvalue weighted by atomic mass is 9.82. The highest BCUT2D eigenvalue weighted by Gasteiger charge is 2.31. The largest absolute Gasteiger partial charge is 0.363 e. The third kappa shape index (κ3) is 3.61. The van der Waals surface area contributed by atoms with Crippen molar-refractivity contribution in [2.75, 3.05) is 30.9 Å². The van der Waals surface area contributed by atoms with E-state index in [-0.39, 0.29) is 0 Å². The number of nitrogens with zero attached hydrogens (tertiary/aromatic N) is 4. The standard InChI is InChI=1S/C28H34N6/c1-4-34-24-8-6-5-7-21(24)22-15-19-16-23(27(22)34)26(19)30-17-18-9-11-20(12-10-18)31-28-29-14-13-25(32-28)33(2)3/h5-8,13-16,18,20,26,30H,4,9-12,17H2,1-3H3,(H,29,31,32)/t18-,20+,26?. The average Bonchev–Trinajstić information content (AvgIpc) is 3.19. The molecule has 4 aromatic rings.